The van der Waals surface area contributed by atoms with E-state index in [0.717, 1.165) is 35.2 Å². The van der Waals surface area contributed by atoms with E-state index in [1.807, 2.05) is 36.7 Å². The zero-order valence-corrected chi connectivity index (χ0v) is 19.2. The number of thiazole rings is 1. The van der Waals surface area contributed by atoms with Crippen LogP contribution in [0, 0.1) is 0 Å². The van der Waals surface area contributed by atoms with Gasteiger partial charge in [0, 0.05) is 25.7 Å². The molecule has 0 bridgehead atoms. The molecule has 1 aromatic heterocycles. The second-order valence-electron chi connectivity index (χ2n) is 7.39. The fourth-order valence-corrected chi connectivity index (χ4v) is 6.27. The number of benzene rings is 2. The maximum atomic E-state index is 12.8. The summed E-state index contributed by atoms with van der Waals surface area (Å²) in [5.41, 5.74) is 1.24. The molecule has 2 heterocycles. The first-order valence-corrected chi connectivity index (χ1v) is 12.6. The van der Waals surface area contributed by atoms with E-state index in [2.05, 4.69) is 4.99 Å². The van der Waals surface area contributed by atoms with Crippen LogP contribution in [-0.4, -0.2) is 42.9 Å². The van der Waals surface area contributed by atoms with Crippen molar-refractivity contribution in [2.75, 3.05) is 19.7 Å². The molecule has 4 rings (SSSR count). The quantitative estimate of drug-likeness (QED) is 0.584. The van der Waals surface area contributed by atoms with Gasteiger partial charge in [0.25, 0.3) is 5.91 Å². The largest absolute Gasteiger partial charge is 0.492 e. The molecule has 0 N–H and O–H groups in total. The van der Waals surface area contributed by atoms with Gasteiger partial charge in [-0.25, -0.2) is 8.42 Å². The molecule has 0 radical (unpaired) electrons. The lowest BCUT2D eigenvalue weighted by atomic mass is 10.2. The Morgan fingerprint density at radius 1 is 1.10 bits per heavy atom. The molecule has 1 aliphatic rings. The lowest BCUT2D eigenvalue weighted by molar-refractivity contribution is 0.0998. The van der Waals surface area contributed by atoms with Crippen molar-refractivity contribution < 1.29 is 17.9 Å². The molecule has 0 atom stereocenters. The van der Waals surface area contributed by atoms with E-state index < -0.39 is 15.9 Å². The highest BCUT2D eigenvalue weighted by atomic mass is 32.2. The Labute approximate surface area is 185 Å². The van der Waals surface area contributed by atoms with Gasteiger partial charge in [-0.05, 0) is 56.2 Å². The Morgan fingerprint density at radius 3 is 2.48 bits per heavy atom. The van der Waals surface area contributed by atoms with Gasteiger partial charge in [-0.15, -0.1) is 0 Å². The third kappa shape index (κ3) is 4.30. The summed E-state index contributed by atoms with van der Waals surface area (Å²) in [6.45, 7) is 3.57. The van der Waals surface area contributed by atoms with Crippen molar-refractivity contribution >= 4 is 37.5 Å². The third-order valence-corrected chi connectivity index (χ3v) is 8.35. The molecule has 7 nitrogen and oxygen atoms in total. The molecule has 1 saturated heterocycles. The fourth-order valence-electron chi connectivity index (χ4n) is 3.72. The second kappa shape index (κ2) is 8.94. The number of sulfonamides is 1. The third-order valence-electron chi connectivity index (χ3n) is 5.34. The van der Waals surface area contributed by atoms with Crippen LogP contribution in [0.4, 0.5) is 0 Å². The van der Waals surface area contributed by atoms with Crippen LogP contribution in [0.5, 0.6) is 5.75 Å². The molecular formula is C22H25N3O4S2. The van der Waals surface area contributed by atoms with Crippen molar-refractivity contribution in [3.8, 4) is 5.75 Å². The van der Waals surface area contributed by atoms with Crippen LogP contribution in [0.2, 0.25) is 0 Å². The number of piperidine rings is 1. The lowest BCUT2D eigenvalue weighted by Crippen LogP contribution is -2.35. The van der Waals surface area contributed by atoms with Gasteiger partial charge < -0.3 is 9.30 Å². The van der Waals surface area contributed by atoms with Crippen molar-refractivity contribution in [2.45, 2.75) is 31.1 Å². The van der Waals surface area contributed by atoms with E-state index in [9.17, 15) is 13.2 Å². The van der Waals surface area contributed by atoms with Gasteiger partial charge in [0.2, 0.25) is 10.0 Å². The first-order valence-electron chi connectivity index (χ1n) is 10.3. The Kier molecular flexibility index (Phi) is 6.27. The van der Waals surface area contributed by atoms with Gasteiger partial charge in [0.05, 0.1) is 16.2 Å². The zero-order valence-electron chi connectivity index (χ0n) is 17.6. The predicted molar refractivity (Wildman–Crippen MR) is 121 cm³/mol. The zero-order chi connectivity index (χ0) is 22.0. The smallest absolute Gasteiger partial charge is 0.279 e. The Hall–Kier alpha value is -2.49. The Balaban J connectivity index is 1.63. The molecule has 3 aromatic rings. The summed E-state index contributed by atoms with van der Waals surface area (Å²) in [5.74, 6) is 0.335. The van der Waals surface area contributed by atoms with Gasteiger partial charge in [-0.2, -0.15) is 9.30 Å². The number of hydrogen-bond donors (Lipinski definition) is 0. The van der Waals surface area contributed by atoms with Gasteiger partial charge in [-0.3, -0.25) is 4.79 Å². The summed E-state index contributed by atoms with van der Waals surface area (Å²) in [5, 5.41) is 0. The van der Waals surface area contributed by atoms with E-state index in [1.165, 1.54) is 39.9 Å². The maximum Gasteiger partial charge on any atom is 0.279 e. The van der Waals surface area contributed by atoms with Gasteiger partial charge >= 0.3 is 0 Å². The van der Waals surface area contributed by atoms with Crippen LogP contribution in [0.15, 0.2) is 52.4 Å². The topological polar surface area (TPSA) is 81.0 Å². The molecule has 1 amide bonds. The summed E-state index contributed by atoms with van der Waals surface area (Å²) in [4.78, 5) is 17.8. The average molecular weight is 460 g/mol. The van der Waals surface area contributed by atoms with Crippen LogP contribution in [0.25, 0.3) is 10.2 Å². The van der Waals surface area contributed by atoms with Crippen molar-refractivity contribution in [1.82, 2.24) is 8.87 Å². The summed E-state index contributed by atoms with van der Waals surface area (Å²) in [6.07, 6.45) is 2.82. The SMILES string of the molecule is CCOc1cccc2sc(=NC(=O)c3ccc(S(=O)(=O)N4CCCCC4)cc3)n(C)c12. The molecule has 2 aromatic carbocycles. The highest BCUT2D eigenvalue weighted by Crippen LogP contribution is 2.27. The number of fused-ring (bicyclic) bond motifs is 1. The second-order valence-corrected chi connectivity index (χ2v) is 10.3. The van der Waals surface area contributed by atoms with Gasteiger partial charge in [-0.1, -0.05) is 23.8 Å². The number of carbonyl (C=O) groups is 1. The molecule has 0 spiro atoms. The number of aromatic nitrogens is 1. The first kappa shape index (κ1) is 21.7. The van der Waals surface area contributed by atoms with E-state index in [0.29, 0.717) is 30.1 Å². The number of nitrogens with zero attached hydrogens (tertiary/aromatic N) is 3. The van der Waals surface area contributed by atoms with E-state index >= 15 is 0 Å². The first-order chi connectivity index (χ1) is 14.9. The molecule has 31 heavy (non-hydrogen) atoms. The number of amides is 1. The highest BCUT2D eigenvalue weighted by Gasteiger charge is 2.26. The number of ether oxygens (including phenoxy) is 1. The molecule has 1 aliphatic heterocycles. The predicted octanol–water partition coefficient (Wildman–Crippen LogP) is 3.55. The number of para-hydroxylation sites is 1. The van der Waals surface area contributed by atoms with Crippen LogP contribution < -0.4 is 9.54 Å². The summed E-state index contributed by atoms with van der Waals surface area (Å²) < 4.78 is 35.6. The standard InChI is InChI=1S/C22H25N3O4S2/c1-3-29-18-8-7-9-19-20(18)24(2)22(30-19)23-21(26)16-10-12-17(13-11-16)31(27,28)25-14-5-4-6-15-25/h7-13H,3-6,14-15H2,1-2H3. The van der Waals surface area contributed by atoms with E-state index in [4.69, 9.17) is 4.74 Å². The molecule has 164 valence electrons. The minimum atomic E-state index is -3.52. The monoisotopic (exact) mass is 459 g/mol. The van der Waals surface area contributed by atoms with E-state index in [1.54, 1.807) is 0 Å². The molecular weight excluding hydrogens is 434 g/mol. The van der Waals surface area contributed by atoms with Crippen LogP contribution >= 0.6 is 11.3 Å². The number of hydrogen-bond acceptors (Lipinski definition) is 5. The van der Waals surface area contributed by atoms with Crippen molar-refractivity contribution in [3.63, 3.8) is 0 Å². The van der Waals surface area contributed by atoms with Crippen molar-refractivity contribution in [2.24, 2.45) is 12.0 Å². The molecule has 1 fully saturated rings. The number of rotatable bonds is 5. The van der Waals surface area contributed by atoms with Crippen LogP contribution in [0.1, 0.15) is 36.5 Å². The van der Waals surface area contributed by atoms with Crippen LogP contribution in [-0.2, 0) is 17.1 Å². The van der Waals surface area contributed by atoms with Crippen molar-refractivity contribution in [3.05, 3.63) is 52.8 Å². The molecule has 9 heteroatoms. The van der Waals surface area contributed by atoms with Gasteiger partial charge in [0.15, 0.2) is 4.80 Å². The average Bonchev–Trinajstić information content (AvgIpc) is 3.10. The Morgan fingerprint density at radius 2 is 1.81 bits per heavy atom. The van der Waals surface area contributed by atoms with Gasteiger partial charge in [0.1, 0.15) is 11.3 Å². The number of carbonyl (C=O) groups excluding carboxylic acids is 1. The molecule has 0 unspecified atom stereocenters. The highest BCUT2D eigenvalue weighted by molar-refractivity contribution is 7.89. The van der Waals surface area contributed by atoms with Crippen molar-refractivity contribution in [1.29, 1.82) is 0 Å². The van der Waals surface area contributed by atoms with Crippen LogP contribution in [0.3, 0.4) is 0 Å². The molecule has 0 aliphatic carbocycles. The minimum Gasteiger partial charge on any atom is -0.492 e. The fraction of sp³-hybridized carbons (Fsp3) is 0.364. The minimum absolute atomic E-state index is 0.208. The normalized spacial score (nSPS) is 16.0. The molecule has 0 saturated carbocycles. The Bertz CT molecular complexity index is 1270. The maximum absolute atomic E-state index is 12.8. The number of aryl methyl sites for hydroxylation is 1. The summed E-state index contributed by atoms with van der Waals surface area (Å²) in [6, 6.07) is 11.8. The van der Waals surface area contributed by atoms with E-state index in [-0.39, 0.29) is 4.90 Å². The summed E-state index contributed by atoms with van der Waals surface area (Å²) in [7, 11) is -1.67. The summed E-state index contributed by atoms with van der Waals surface area (Å²) >= 11 is 1.41. The lowest BCUT2D eigenvalue weighted by Gasteiger charge is -2.25.